The molecule has 1 aromatic carbocycles. The lowest BCUT2D eigenvalue weighted by Crippen LogP contribution is -2.12. The number of carbonyl (C=O) groups is 1. The quantitative estimate of drug-likeness (QED) is 0.558. The van der Waals surface area contributed by atoms with Crippen LogP contribution in [0.5, 0.6) is 0 Å². The average molecular weight is 438 g/mol. The topological polar surface area (TPSA) is 95.3 Å². The number of rotatable bonds is 5. The van der Waals surface area contributed by atoms with Crippen LogP contribution in [0.2, 0.25) is 5.02 Å². The molecule has 3 aromatic rings. The molecule has 0 aliphatic carbocycles. The number of anilines is 1. The van der Waals surface area contributed by atoms with Crippen LogP contribution in [0.25, 0.3) is 11.4 Å². The molecule has 0 aliphatic heterocycles. The van der Waals surface area contributed by atoms with Gasteiger partial charge in [-0.25, -0.2) is 0 Å². The normalized spacial score (nSPS) is 12.5. The Morgan fingerprint density at radius 3 is 2.33 bits per heavy atom. The van der Waals surface area contributed by atoms with Crippen LogP contribution in [0.1, 0.15) is 27.6 Å². The number of hydrogen-bond acceptors (Lipinski definition) is 5. The van der Waals surface area contributed by atoms with Gasteiger partial charge in [-0.15, -0.1) is 0 Å². The van der Waals surface area contributed by atoms with E-state index in [1.807, 2.05) is 0 Å². The number of aliphatic hydroxyl groups excluding tert-OH is 2. The smallest absolute Gasteiger partial charge is 0.393 e. The van der Waals surface area contributed by atoms with Crippen molar-refractivity contribution in [2.24, 2.45) is 0 Å². The molecule has 0 spiro atoms. The molecule has 0 aliphatic rings. The predicted octanol–water partition coefficient (Wildman–Crippen LogP) is 4.09. The maximum absolute atomic E-state index is 12.6. The third kappa shape index (κ3) is 4.93. The summed E-state index contributed by atoms with van der Waals surface area (Å²) in [5.41, 5.74) is 0.616. The van der Waals surface area contributed by atoms with Crippen molar-refractivity contribution in [2.75, 3.05) is 11.9 Å². The fourth-order valence-corrected chi connectivity index (χ4v) is 2.81. The van der Waals surface area contributed by atoms with E-state index in [0.29, 0.717) is 17.0 Å². The van der Waals surface area contributed by atoms with Crippen LogP contribution in [0.4, 0.5) is 18.9 Å². The molecule has 1 amide bonds. The fraction of sp³-hybridized carbons (Fsp3) is 0.150. The zero-order chi connectivity index (χ0) is 21.9. The van der Waals surface area contributed by atoms with Crippen LogP contribution >= 0.6 is 11.6 Å². The largest absolute Gasteiger partial charge is 0.416 e. The zero-order valence-electron chi connectivity index (χ0n) is 15.2. The molecule has 0 radical (unpaired) electrons. The first-order chi connectivity index (χ1) is 14.2. The second-order valence-electron chi connectivity index (χ2n) is 6.26. The summed E-state index contributed by atoms with van der Waals surface area (Å²) in [5.74, 6) is -0.547. The highest BCUT2D eigenvalue weighted by Crippen LogP contribution is 2.30. The first-order valence-corrected chi connectivity index (χ1v) is 8.96. The van der Waals surface area contributed by atoms with E-state index in [0.717, 1.165) is 24.3 Å². The number of pyridine rings is 2. The second-order valence-corrected chi connectivity index (χ2v) is 6.67. The average Bonchev–Trinajstić information content (AvgIpc) is 2.73. The minimum atomic E-state index is -4.45. The maximum atomic E-state index is 12.6. The Balaban J connectivity index is 1.73. The van der Waals surface area contributed by atoms with Gasteiger partial charge in [0.1, 0.15) is 11.8 Å². The van der Waals surface area contributed by atoms with Gasteiger partial charge in [0, 0.05) is 23.6 Å². The Hall–Kier alpha value is -3.01. The highest BCUT2D eigenvalue weighted by Gasteiger charge is 2.30. The summed E-state index contributed by atoms with van der Waals surface area (Å²) >= 11 is 6.16. The Morgan fingerprint density at radius 2 is 1.80 bits per heavy atom. The number of halogens is 4. The Labute approximate surface area is 174 Å². The molecule has 1 atom stereocenters. The van der Waals surface area contributed by atoms with Gasteiger partial charge in [0.25, 0.3) is 5.91 Å². The van der Waals surface area contributed by atoms with Crippen molar-refractivity contribution >= 4 is 23.2 Å². The van der Waals surface area contributed by atoms with E-state index in [9.17, 15) is 23.1 Å². The number of aromatic nitrogens is 2. The van der Waals surface area contributed by atoms with Crippen molar-refractivity contribution in [3.8, 4) is 11.4 Å². The van der Waals surface area contributed by atoms with Gasteiger partial charge in [0.05, 0.1) is 28.5 Å². The van der Waals surface area contributed by atoms with E-state index < -0.39 is 30.4 Å². The van der Waals surface area contributed by atoms with Crippen LogP contribution in [0, 0.1) is 0 Å². The number of hydrogen-bond donors (Lipinski definition) is 3. The molecule has 0 unspecified atom stereocenters. The van der Waals surface area contributed by atoms with Crippen LogP contribution in [0.15, 0.2) is 54.9 Å². The van der Waals surface area contributed by atoms with Crippen LogP contribution in [-0.4, -0.2) is 32.7 Å². The van der Waals surface area contributed by atoms with Crippen molar-refractivity contribution in [2.45, 2.75) is 12.3 Å². The number of nitrogens with one attached hydrogen (secondary N) is 1. The monoisotopic (exact) mass is 437 g/mol. The minimum Gasteiger partial charge on any atom is -0.393 e. The fourth-order valence-electron chi connectivity index (χ4n) is 2.54. The molecule has 6 nitrogen and oxygen atoms in total. The van der Waals surface area contributed by atoms with Gasteiger partial charge in [0.15, 0.2) is 0 Å². The molecule has 2 aromatic heterocycles. The molecular weight excluding hydrogens is 423 g/mol. The molecule has 0 saturated carbocycles. The first-order valence-electron chi connectivity index (χ1n) is 8.58. The summed E-state index contributed by atoms with van der Waals surface area (Å²) in [7, 11) is 0. The summed E-state index contributed by atoms with van der Waals surface area (Å²) < 4.78 is 37.8. The van der Waals surface area contributed by atoms with Crippen molar-refractivity contribution in [1.29, 1.82) is 0 Å². The number of nitrogens with zero attached hydrogens (tertiary/aromatic N) is 2. The molecule has 2 heterocycles. The van der Waals surface area contributed by atoms with Gasteiger partial charge in [0.2, 0.25) is 0 Å². The number of carbonyl (C=O) groups excluding carboxylic acids is 1. The first kappa shape index (κ1) is 21.7. The SMILES string of the molecule is O=C(Nc1ccc(C(F)(F)F)cc1)c1ccc(-c2ncc([C@@H](O)CO)cc2Cl)nc1. The Kier molecular flexibility index (Phi) is 6.35. The van der Waals surface area contributed by atoms with Gasteiger partial charge in [-0.1, -0.05) is 11.6 Å². The zero-order valence-corrected chi connectivity index (χ0v) is 15.9. The van der Waals surface area contributed by atoms with Crippen molar-refractivity contribution < 1.29 is 28.2 Å². The second kappa shape index (κ2) is 8.78. The molecule has 30 heavy (non-hydrogen) atoms. The van der Waals surface area contributed by atoms with Gasteiger partial charge < -0.3 is 15.5 Å². The summed E-state index contributed by atoms with van der Waals surface area (Å²) in [6.07, 6.45) is -2.92. The lowest BCUT2D eigenvalue weighted by atomic mass is 10.1. The third-order valence-electron chi connectivity index (χ3n) is 4.16. The van der Waals surface area contributed by atoms with E-state index in [1.165, 1.54) is 30.6 Å². The summed E-state index contributed by atoms with van der Waals surface area (Å²) in [5, 5.41) is 21.3. The van der Waals surface area contributed by atoms with E-state index >= 15 is 0 Å². The summed E-state index contributed by atoms with van der Waals surface area (Å²) in [6.45, 7) is -0.474. The third-order valence-corrected chi connectivity index (χ3v) is 4.45. The number of alkyl halides is 3. The predicted molar refractivity (Wildman–Crippen MR) is 104 cm³/mol. The molecule has 0 saturated heterocycles. The number of benzene rings is 1. The molecule has 0 bridgehead atoms. The molecule has 3 rings (SSSR count). The highest BCUT2D eigenvalue weighted by molar-refractivity contribution is 6.33. The van der Waals surface area contributed by atoms with E-state index in [-0.39, 0.29) is 16.3 Å². The van der Waals surface area contributed by atoms with Crippen molar-refractivity contribution in [1.82, 2.24) is 9.97 Å². The molecular formula is C20H15ClF3N3O3. The van der Waals surface area contributed by atoms with Crippen LogP contribution < -0.4 is 5.32 Å². The van der Waals surface area contributed by atoms with Crippen molar-refractivity contribution in [3.63, 3.8) is 0 Å². The molecule has 156 valence electrons. The molecule has 10 heteroatoms. The van der Waals surface area contributed by atoms with Crippen LogP contribution in [0.3, 0.4) is 0 Å². The maximum Gasteiger partial charge on any atom is 0.416 e. The van der Waals surface area contributed by atoms with Gasteiger partial charge in [-0.2, -0.15) is 13.2 Å². The number of aliphatic hydroxyl groups is 2. The van der Waals surface area contributed by atoms with Crippen LogP contribution in [-0.2, 0) is 6.18 Å². The van der Waals surface area contributed by atoms with Gasteiger partial charge >= 0.3 is 6.18 Å². The summed E-state index contributed by atoms with van der Waals surface area (Å²) in [4.78, 5) is 20.6. The van der Waals surface area contributed by atoms with Crippen molar-refractivity contribution in [3.05, 3.63) is 76.6 Å². The summed E-state index contributed by atoms with van der Waals surface area (Å²) in [6, 6.07) is 8.51. The van der Waals surface area contributed by atoms with E-state index in [4.69, 9.17) is 16.7 Å². The Bertz CT molecular complexity index is 1040. The van der Waals surface area contributed by atoms with Gasteiger partial charge in [-0.05, 0) is 42.5 Å². The lowest BCUT2D eigenvalue weighted by molar-refractivity contribution is -0.137. The Morgan fingerprint density at radius 1 is 1.10 bits per heavy atom. The molecule has 0 fully saturated rings. The van der Waals surface area contributed by atoms with Gasteiger partial charge in [-0.3, -0.25) is 14.8 Å². The highest BCUT2D eigenvalue weighted by atomic mass is 35.5. The van der Waals surface area contributed by atoms with E-state index in [2.05, 4.69) is 15.3 Å². The van der Waals surface area contributed by atoms with E-state index in [1.54, 1.807) is 0 Å². The lowest BCUT2D eigenvalue weighted by Gasteiger charge is -2.10. The number of amides is 1. The standard InChI is InChI=1S/C20H15ClF3N3O3/c21-15-7-12(17(29)10-28)9-26-18(15)16-6-1-11(8-25-16)19(30)27-14-4-2-13(3-5-14)20(22,23)24/h1-9,17,28-29H,10H2,(H,27,30)/t17-/m0/s1. The molecule has 3 N–H and O–H groups in total. The minimum absolute atomic E-state index is 0.182.